The van der Waals surface area contributed by atoms with Gasteiger partial charge in [0.2, 0.25) is 12.7 Å². The van der Waals surface area contributed by atoms with Gasteiger partial charge in [-0.1, -0.05) is 18.2 Å². The average molecular weight is 464 g/mol. The van der Waals surface area contributed by atoms with Gasteiger partial charge >= 0.3 is 0 Å². The van der Waals surface area contributed by atoms with Gasteiger partial charge in [-0.3, -0.25) is 4.79 Å². The van der Waals surface area contributed by atoms with E-state index in [0.29, 0.717) is 16.6 Å². The molecule has 0 atom stereocenters. The lowest BCUT2D eigenvalue weighted by Crippen LogP contribution is -2.14. The van der Waals surface area contributed by atoms with Gasteiger partial charge in [0.15, 0.2) is 16.6 Å². The maximum Gasteiger partial charge on any atom is 0.231 e. The lowest BCUT2D eigenvalue weighted by Gasteiger charge is -2.03. The van der Waals surface area contributed by atoms with Gasteiger partial charge in [-0.15, -0.1) is 11.3 Å². The van der Waals surface area contributed by atoms with Crippen molar-refractivity contribution in [3.8, 4) is 22.8 Å². The Morgan fingerprint density at radius 3 is 2.80 bits per heavy atom. The van der Waals surface area contributed by atoms with Crippen LogP contribution >= 0.6 is 33.9 Å². The molecule has 2 aromatic carbocycles. The summed E-state index contributed by atoms with van der Waals surface area (Å²) in [4.78, 5) is 16.7. The molecule has 0 unspecified atom stereocenters. The van der Waals surface area contributed by atoms with Gasteiger partial charge in [-0.2, -0.15) is 0 Å². The molecule has 5 nitrogen and oxygen atoms in total. The zero-order chi connectivity index (χ0) is 17.2. The molecule has 0 fully saturated rings. The van der Waals surface area contributed by atoms with Crippen LogP contribution in [0, 0.1) is 3.57 Å². The second-order valence-electron chi connectivity index (χ2n) is 5.46. The Bertz CT molecular complexity index is 924. The number of amides is 1. The minimum atomic E-state index is -0.109. The van der Waals surface area contributed by atoms with E-state index in [1.54, 1.807) is 0 Å². The van der Waals surface area contributed by atoms with Crippen LogP contribution in [-0.2, 0) is 11.2 Å². The molecule has 0 aliphatic carbocycles. The largest absolute Gasteiger partial charge is 0.454 e. The minimum absolute atomic E-state index is 0.109. The molecule has 4 rings (SSSR count). The van der Waals surface area contributed by atoms with Crippen molar-refractivity contribution in [1.82, 2.24) is 4.98 Å². The van der Waals surface area contributed by atoms with Crippen LogP contribution in [0.2, 0.25) is 0 Å². The summed E-state index contributed by atoms with van der Waals surface area (Å²) in [5.74, 6) is 1.29. The highest BCUT2D eigenvalue weighted by molar-refractivity contribution is 14.1. The van der Waals surface area contributed by atoms with Crippen LogP contribution in [0.15, 0.2) is 47.8 Å². The number of hydrogen-bond acceptors (Lipinski definition) is 5. The number of halogens is 1. The van der Waals surface area contributed by atoms with Gasteiger partial charge in [0.25, 0.3) is 0 Å². The Morgan fingerprint density at radius 2 is 1.96 bits per heavy atom. The van der Waals surface area contributed by atoms with E-state index in [1.165, 1.54) is 14.9 Å². The third kappa shape index (κ3) is 3.77. The molecule has 1 N–H and O–H groups in total. The van der Waals surface area contributed by atoms with Gasteiger partial charge in [0, 0.05) is 14.5 Å². The summed E-state index contributed by atoms with van der Waals surface area (Å²) in [6.45, 7) is 0.228. The Kier molecular flexibility index (Phi) is 4.58. The zero-order valence-electron chi connectivity index (χ0n) is 13.0. The normalized spacial score (nSPS) is 12.2. The van der Waals surface area contributed by atoms with Gasteiger partial charge in [0.05, 0.1) is 12.1 Å². The number of rotatable bonds is 4. The smallest absolute Gasteiger partial charge is 0.231 e. The van der Waals surface area contributed by atoms with Crippen LogP contribution in [0.3, 0.4) is 0 Å². The Balaban J connectivity index is 1.42. The maximum absolute atomic E-state index is 12.3. The van der Waals surface area contributed by atoms with E-state index in [4.69, 9.17) is 9.47 Å². The third-order valence-electron chi connectivity index (χ3n) is 3.69. The number of anilines is 1. The van der Waals surface area contributed by atoms with E-state index in [2.05, 4.69) is 32.9 Å². The molecule has 25 heavy (non-hydrogen) atoms. The van der Waals surface area contributed by atoms with Crippen molar-refractivity contribution in [2.75, 3.05) is 12.1 Å². The zero-order valence-corrected chi connectivity index (χ0v) is 16.0. The molecule has 3 aromatic rings. The molecule has 0 saturated heterocycles. The number of hydrogen-bond donors (Lipinski definition) is 1. The van der Waals surface area contributed by atoms with E-state index in [0.717, 1.165) is 16.8 Å². The summed E-state index contributed by atoms with van der Waals surface area (Å²) in [5, 5.41) is 5.39. The van der Waals surface area contributed by atoms with Crippen LogP contribution in [0.25, 0.3) is 11.3 Å². The first kappa shape index (κ1) is 16.3. The predicted molar refractivity (Wildman–Crippen MR) is 105 cm³/mol. The number of nitrogens with zero attached hydrogens (tertiary/aromatic N) is 1. The lowest BCUT2D eigenvalue weighted by molar-refractivity contribution is -0.115. The molecule has 2 heterocycles. The first-order valence-corrected chi connectivity index (χ1v) is 9.53. The average Bonchev–Trinajstić information content (AvgIpc) is 3.24. The number of fused-ring (bicyclic) bond motifs is 1. The van der Waals surface area contributed by atoms with Crippen molar-refractivity contribution < 1.29 is 14.3 Å². The highest BCUT2D eigenvalue weighted by Gasteiger charge is 2.15. The van der Waals surface area contributed by atoms with Crippen LogP contribution < -0.4 is 14.8 Å². The number of ether oxygens (including phenoxy) is 2. The molecule has 1 amide bonds. The number of carbonyl (C=O) groups is 1. The van der Waals surface area contributed by atoms with Crippen LogP contribution in [0.1, 0.15) is 5.56 Å². The first-order valence-electron chi connectivity index (χ1n) is 7.57. The van der Waals surface area contributed by atoms with Crippen molar-refractivity contribution in [1.29, 1.82) is 0 Å². The Hall–Kier alpha value is -2.13. The summed E-state index contributed by atoms with van der Waals surface area (Å²) in [5.41, 5.74) is 2.77. The first-order chi connectivity index (χ1) is 12.2. The van der Waals surface area contributed by atoms with E-state index in [-0.39, 0.29) is 19.1 Å². The molecular weight excluding hydrogens is 451 g/mol. The molecular formula is C18H13IN2O3S. The van der Waals surface area contributed by atoms with Gasteiger partial charge in [0.1, 0.15) is 0 Å². The molecule has 1 aliphatic rings. The van der Waals surface area contributed by atoms with E-state index < -0.39 is 0 Å². The van der Waals surface area contributed by atoms with Crippen molar-refractivity contribution in [2.45, 2.75) is 6.42 Å². The molecule has 0 bridgehead atoms. The Morgan fingerprint density at radius 1 is 1.16 bits per heavy atom. The quantitative estimate of drug-likeness (QED) is 0.585. The third-order valence-corrected chi connectivity index (χ3v) is 5.17. The fourth-order valence-corrected chi connectivity index (χ4v) is 3.58. The summed E-state index contributed by atoms with van der Waals surface area (Å²) in [7, 11) is 0. The maximum atomic E-state index is 12.3. The second kappa shape index (κ2) is 7.01. The van der Waals surface area contributed by atoms with Crippen molar-refractivity contribution >= 4 is 45.0 Å². The fourth-order valence-electron chi connectivity index (χ4n) is 2.48. The SMILES string of the molecule is O=C(Cc1ccc2c(c1)OCO2)Nc1nc(-c2ccc(I)cc2)cs1. The minimum Gasteiger partial charge on any atom is -0.454 e. The predicted octanol–water partition coefficient (Wildman–Crippen LogP) is 4.32. The highest BCUT2D eigenvalue weighted by Crippen LogP contribution is 2.32. The van der Waals surface area contributed by atoms with Crippen LogP contribution in [0.5, 0.6) is 11.5 Å². The number of carbonyl (C=O) groups excluding carboxylic acids is 1. The molecule has 1 aromatic heterocycles. The summed E-state index contributed by atoms with van der Waals surface area (Å²) < 4.78 is 11.8. The summed E-state index contributed by atoms with van der Waals surface area (Å²) in [6, 6.07) is 13.6. The molecule has 1 aliphatic heterocycles. The monoisotopic (exact) mass is 464 g/mol. The van der Waals surface area contributed by atoms with E-state index in [1.807, 2.05) is 47.8 Å². The lowest BCUT2D eigenvalue weighted by atomic mass is 10.1. The molecule has 0 spiro atoms. The summed E-state index contributed by atoms with van der Waals surface area (Å²) >= 11 is 3.68. The molecule has 7 heteroatoms. The fraction of sp³-hybridized carbons (Fsp3) is 0.111. The Labute approximate surface area is 162 Å². The van der Waals surface area contributed by atoms with Gasteiger partial charge < -0.3 is 14.8 Å². The van der Waals surface area contributed by atoms with Gasteiger partial charge in [-0.25, -0.2) is 4.98 Å². The number of benzene rings is 2. The number of nitrogens with one attached hydrogen (secondary N) is 1. The molecule has 126 valence electrons. The standard InChI is InChI=1S/C18H13IN2O3S/c19-13-4-2-12(3-5-13)14-9-25-18(20-14)21-17(22)8-11-1-6-15-16(7-11)24-10-23-15/h1-7,9H,8,10H2,(H,20,21,22). The van der Waals surface area contributed by atoms with Gasteiger partial charge in [-0.05, 0) is 52.4 Å². The van der Waals surface area contributed by atoms with Crippen molar-refractivity contribution in [3.05, 3.63) is 57.0 Å². The number of thiazole rings is 1. The summed E-state index contributed by atoms with van der Waals surface area (Å²) in [6.07, 6.45) is 0.259. The van der Waals surface area contributed by atoms with E-state index in [9.17, 15) is 4.79 Å². The molecule has 0 radical (unpaired) electrons. The highest BCUT2D eigenvalue weighted by atomic mass is 127. The van der Waals surface area contributed by atoms with Crippen LogP contribution in [0.4, 0.5) is 5.13 Å². The van der Waals surface area contributed by atoms with Crippen molar-refractivity contribution in [2.24, 2.45) is 0 Å². The van der Waals surface area contributed by atoms with E-state index >= 15 is 0 Å². The molecule has 0 saturated carbocycles. The second-order valence-corrected chi connectivity index (χ2v) is 7.56. The topological polar surface area (TPSA) is 60.5 Å². The van der Waals surface area contributed by atoms with Crippen molar-refractivity contribution in [3.63, 3.8) is 0 Å². The van der Waals surface area contributed by atoms with Crippen LogP contribution in [-0.4, -0.2) is 17.7 Å². The number of aromatic nitrogens is 1.